The summed E-state index contributed by atoms with van der Waals surface area (Å²) in [5, 5.41) is 0. The van der Waals surface area contributed by atoms with Gasteiger partial charge in [0, 0.05) is 18.4 Å². The topological polar surface area (TPSA) is 21.5 Å². The van der Waals surface area contributed by atoms with Gasteiger partial charge in [-0.1, -0.05) is 19.1 Å². The SMILES string of the molecule is CCC1=[N+](Cc2ccccc2F)CCc2cc(OC)c(OC)cc21.[Cl-]. The van der Waals surface area contributed by atoms with Crippen LogP contribution in [0.4, 0.5) is 4.39 Å². The number of rotatable bonds is 5. The molecule has 1 aliphatic heterocycles. The molecule has 0 aliphatic carbocycles. The molecule has 5 heteroatoms. The maximum Gasteiger partial charge on any atom is 0.183 e. The standard InChI is InChI=1S/C20H23FNO2.ClH/c1-4-18-16-12-20(24-3)19(23-2)11-14(16)9-10-22(18)13-15-7-5-6-8-17(15)21;/h5-8,11-12H,4,9-10,13H2,1-3H3;1H/q+1;/p-1. The number of fused-ring (bicyclic) bond motifs is 1. The van der Waals surface area contributed by atoms with Crippen molar-refractivity contribution in [3.63, 3.8) is 0 Å². The van der Waals surface area contributed by atoms with Gasteiger partial charge in [0.15, 0.2) is 23.8 Å². The van der Waals surface area contributed by atoms with Crippen LogP contribution >= 0.6 is 0 Å². The van der Waals surface area contributed by atoms with Crippen LogP contribution in [0.5, 0.6) is 11.5 Å². The monoisotopic (exact) mass is 363 g/mol. The number of methoxy groups -OCH3 is 2. The predicted molar refractivity (Wildman–Crippen MR) is 92.9 cm³/mol. The van der Waals surface area contributed by atoms with Gasteiger partial charge in [-0.15, -0.1) is 0 Å². The van der Waals surface area contributed by atoms with Gasteiger partial charge in [0.1, 0.15) is 12.4 Å². The second kappa shape index (κ2) is 8.34. The van der Waals surface area contributed by atoms with Crippen molar-refractivity contribution >= 4 is 5.71 Å². The summed E-state index contributed by atoms with van der Waals surface area (Å²) in [5.41, 5.74) is 4.39. The van der Waals surface area contributed by atoms with E-state index in [2.05, 4.69) is 17.6 Å². The van der Waals surface area contributed by atoms with Gasteiger partial charge < -0.3 is 21.9 Å². The second-order valence-corrected chi connectivity index (χ2v) is 5.93. The lowest BCUT2D eigenvalue weighted by atomic mass is 9.94. The van der Waals surface area contributed by atoms with Crippen LogP contribution in [0, 0.1) is 5.82 Å². The quantitative estimate of drug-likeness (QED) is 0.733. The average Bonchev–Trinajstić information content (AvgIpc) is 2.62. The van der Waals surface area contributed by atoms with Crippen LogP contribution in [0.2, 0.25) is 0 Å². The minimum atomic E-state index is -0.147. The zero-order valence-corrected chi connectivity index (χ0v) is 15.6. The fourth-order valence-corrected chi connectivity index (χ4v) is 3.38. The zero-order valence-electron chi connectivity index (χ0n) is 14.8. The van der Waals surface area contributed by atoms with E-state index in [1.54, 1.807) is 20.3 Å². The maximum absolute atomic E-state index is 14.0. The summed E-state index contributed by atoms with van der Waals surface area (Å²) in [6.45, 7) is 3.60. The molecule has 0 fully saturated rings. The molecule has 0 atom stereocenters. The lowest BCUT2D eigenvalue weighted by Crippen LogP contribution is -3.00. The van der Waals surface area contributed by atoms with Gasteiger partial charge in [0.2, 0.25) is 0 Å². The van der Waals surface area contributed by atoms with E-state index in [9.17, 15) is 4.39 Å². The van der Waals surface area contributed by atoms with Crippen molar-refractivity contribution in [1.82, 2.24) is 0 Å². The first-order chi connectivity index (χ1) is 11.7. The molecule has 3 rings (SSSR count). The summed E-state index contributed by atoms with van der Waals surface area (Å²) in [6.07, 6.45) is 1.80. The van der Waals surface area contributed by atoms with Gasteiger partial charge in [0.05, 0.1) is 19.8 Å². The highest BCUT2D eigenvalue weighted by Crippen LogP contribution is 2.33. The van der Waals surface area contributed by atoms with E-state index in [1.807, 2.05) is 18.2 Å². The Bertz CT molecular complexity index is 789. The van der Waals surface area contributed by atoms with Crippen molar-refractivity contribution in [3.05, 3.63) is 58.9 Å². The van der Waals surface area contributed by atoms with E-state index in [0.717, 1.165) is 36.4 Å². The van der Waals surface area contributed by atoms with Crippen LogP contribution in [0.3, 0.4) is 0 Å². The molecule has 0 bridgehead atoms. The molecule has 0 amide bonds. The normalized spacial score (nSPS) is 13.1. The van der Waals surface area contributed by atoms with Crippen molar-refractivity contribution in [3.8, 4) is 11.5 Å². The number of benzene rings is 2. The molecule has 0 unspecified atom stereocenters. The Kier molecular flexibility index (Phi) is 6.43. The van der Waals surface area contributed by atoms with E-state index in [0.29, 0.717) is 6.54 Å². The van der Waals surface area contributed by atoms with Crippen molar-refractivity contribution in [1.29, 1.82) is 0 Å². The molecule has 1 heterocycles. The number of hydrogen-bond donors (Lipinski definition) is 0. The van der Waals surface area contributed by atoms with Gasteiger partial charge in [0.25, 0.3) is 0 Å². The van der Waals surface area contributed by atoms with Crippen molar-refractivity contribution in [2.24, 2.45) is 0 Å². The second-order valence-electron chi connectivity index (χ2n) is 5.93. The Labute approximate surface area is 154 Å². The molecule has 25 heavy (non-hydrogen) atoms. The first kappa shape index (κ1) is 19.3. The van der Waals surface area contributed by atoms with Crippen LogP contribution in [0.1, 0.15) is 30.0 Å². The molecule has 0 spiro atoms. The Morgan fingerprint density at radius 3 is 2.40 bits per heavy atom. The van der Waals surface area contributed by atoms with Crippen molar-refractivity contribution in [2.75, 3.05) is 20.8 Å². The third-order valence-electron chi connectivity index (χ3n) is 4.61. The van der Waals surface area contributed by atoms with Crippen molar-refractivity contribution in [2.45, 2.75) is 26.3 Å². The van der Waals surface area contributed by atoms with Crippen LogP contribution in [0.15, 0.2) is 36.4 Å². The Morgan fingerprint density at radius 1 is 1.08 bits per heavy atom. The van der Waals surface area contributed by atoms with Crippen LogP contribution in [-0.2, 0) is 13.0 Å². The van der Waals surface area contributed by atoms with E-state index in [1.165, 1.54) is 22.9 Å². The molecular formula is C20H23ClFNO2. The van der Waals surface area contributed by atoms with Gasteiger partial charge in [-0.3, -0.25) is 0 Å². The van der Waals surface area contributed by atoms with Gasteiger partial charge in [-0.25, -0.2) is 8.97 Å². The number of halogens is 2. The zero-order chi connectivity index (χ0) is 17.1. The largest absolute Gasteiger partial charge is 1.00 e. The minimum Gasteiger partial charge on any atom is -1.00 e. The Hall–Kier alpha value is -2.07. The molecule has 0 N–H and O–H groups in total. The molecule has 0 saturated heterocycles. The molecular weight excluding hydrogens is 341 g/mol. The third-order valence-corrected chi connectivity index (χ3v) is 4.61. The first-order valence-electron chi connectivity index (χ1n) is 8.27. The lowest BCUT2D eigenvalue weighted by molar-refractivity contribution is -0.546. The predicted octanol–water partition coefficient (Wildman–Crippen LogP) is 0.815. The molecule has 0 saturated carbocycles. The number of hydrogen-bond acceptors (Lipinski definition) is 2. The molecule has 134 valence electrons. The maximum atomic E-state index is 14.0. The van der Waals surface area contributed by atoms with Crippen LogP contribution < -0.4 is 21.9 Å². The summed E-state index contributed by atoms with van der Waals surface area (Å²) in [6, 6.07) is 11.1. The summed E-state index contributed by atoms with van der Waals surface area (Å²) in [5.74, 6) is 1.34. The summed E-state index contributed by atoms with van der Waals surface area (Å²) < 4.78 is 27.1. The van der Waals surface area contributed by atoms with Gasteiger partial charge >= 0.3 is 0 Å². The van der Waals surface area contributed by atoms with Crippen molar-refractivity contribution < 1.29 is 30.8 Å². The van der Waals surface area contributed by atoms with Gasteiger partial charge in [-0.05, 0) is 29.8 Å². The highest BCUT2D eigenvalue weighted by Gasteiger charge is 2.27. The van der Waals surface area contributed by atoms with Crippen LogP contribution in [-0.4, -0.2) is 31.1 Å². The summed E-state index contributed by atoms with van der Waals surface area (Å²) in [4.78, 5) is 0. The van der Waals surface area contributed by atoms with E-state index < -0.39 is 0 Å². The van der Waals surface area contributed by atoms with Gasteiger partial charge in [-0.2, -0.15) is 0 Å². The fourth-order valence-electron chi connectivity index (χ4n) is 3.38. The minimum absolute atomic E-state index is 0. The third kappa shape index (κ3) is 3.79. The molecule has 3 nitrogen and oxygen atoms in total. The molecule has 0 aromatic heterocycles. The fraction of sp³-hybridized carbons (Fsp3) is 0.350. The highest BCUT2D eigenvalue weighted by molar-refractivity contribution is 5.99. The molecule has 0 radical (unpaired) electrons. The highest BCUT2D eigenvalue weighted by atomic mass is 35.5. The van der Waals surface area contributed by atoms with E-state index >= 15 is 0 Å². The van der Waals surface area contributed by atoms with Crippen LogP contribution in [0.25, 0.3) is 0 Å². The first-order valence-corrected chi connectivity index (χ1v) is 8.27. The van der Waals surface area contributed by atoms with E-state index in [4.69, 9.17) is 9.47 Å². The smallest absolute Gasteiger partial charge is 0.183 e. The number of ether oxygens (including phenoxy) is 2. The number of nitrogens with zero attached hydrogens (tertiary/aromatic N) is 1. The van der Waals surface area contributed by atoms with E-state index in [-0.39, 0.29) is 18.2 Å². The Balaban J connectivity index is 0.00000225. The molecule has 1 aliphatic rings. The lowest BCUT2D eigenvalue weighted by Gasteiger charge is -2.20. The summed E-state index contributed by atoms with van der Waals surface area (Å²) >= 11 is 0. The average molecular weight is 364 g/mol. The summed E-state index contributed by atoms with van der Waals surface area (Å²) in [7, 11) is 3.30. The Morgan fingerprint density at radius 2 is 1.76 bits per heavy atom. The molecule has 2 aromatic rings. The molecule has 2 aromatic carbocycles.